The number of rotatable bonds is 5. The first kappa shape index (κ1) is 19.2. The first-order chi connectivity index (χ1) is 14.2. The number of anilines is 1. The van der Waals surface area contributed by atoms with Gasteiger partial charge in [0.25, 0.3) is 0 Å². The highest BCUT2D eigenvalue weighted by molar-refractivity contribution is 5.69. The molecule has 148 valence electrons. The van der Waals surface area contributed by atoms with Crippen LogP contribution in [0.5, 0.6) is 0 Å². The van der Waals surface area contributed by atoms with Crippen molar-refractivity contribution in [3.63, 3.8) is 0 Å². The second-order valence-electron chi connectivity index (χ2n) is 7.25. The molecular weight excluding hydrogens is 360 g/mol. The maximum atomic E-state index is 4.28. The Bertz CT molecular complexity index is 940. The molecule has 0 N–H and O–H groups in total. The van der Waals surface area contributed by atoms with Crippen molar-refractivity contribution < 1.29 is 0 Å². The van der Waals surface area contributed by atoms with Crippen LogP contribution in [0.15, 0.2) is 48.5 Å². The van der Waals surface area contributed by atoms with E-state index in [0.717, 1.165) is 61.1 Å². The van der Waals surface area contributed by atoms with Gasteiger partial charge in [0.2, 0.25) is 0 Å². The maximum Gasteiger partial charge on any atom is 0.113 e. The molecule has 0 unspecified atom stereocenters. The van der Waals surface area contributed by atoms with Crippen LogP contribution in [0.3, 0.4) is 0 Å². The topological polar surface area (TPSA) is 58.0 Å². The summed E-state index contributed by atoms with van der Waals surface area (Å²) < 4.78 is 0. The van der Waals surface area contributed by atoms with Gasteiger partial charge in [-0.15, -0.1) is 10.2 Å². The monoisotopic (exact) mass is 386 g/mol. The minimum Gasteiger partial charge on any atom is -0.369 e. The fourth-order valence-electron chi connectivity index (χ4n) is 3.40. The molecule has 3 heterocycles. The molecule has 3 aromatic rings. The predicted octanol–water partition coefficient (Wildman–Crippen LogP) is 3.55. The fourth-order valence-corrected chi connectivity index (χ4v) is 3.40. The van der Waals surface area contributed by atoms with E-state index in [2.05, 4.69) is 67.5 Å². The zero-order valence-electron chi connectivity index (χ0n) is 17.0. The first-order valence-corrected chi connectivity index (χ1v) is 10.1. The summed E-state index contributed by atoms with van der Waals surface area (Å²) in [6.45, 7) is 9.75. The van der Waals surface area contributed by atoms with E-state index in [-0.39, 0.29) is 0 Å². The lowest BCUT2D eigenvalue weighted by atomic mass is 10.1. The average molecular weight is 387 g/mol. The highest BCUT2D eigenvalue weighted by Gasteiger charge is 2.15. The Hall–Kier alpha value is -3.12. The molecule has 1 fully saturated rings. The van der Waals surface area contributed by atoms with E-state index in [4.69, 9.17) is 0 Å². The summed E-state index contributed by atoms with van der Waals surface area (Å²) in [7, 11) is 0. The molecule has 1 aromatic carbocycles. The minimum absolute atomic E-state index is 0.724. The van der Waals surface area contributed by atoms with Crippen molar-refractivity contribution in [2.24, 2.45) is 0 Å². The quantitative estimate of drug-likeness (QED) is 0.668. The van der Waals surface area contributed by atoms with E-state index in [1.165, 1.54) is 5.69 Å². The fraction of sp³-hybridized carbons (Fsp3) is 0.304. The van der Waals surface area contributed by atoms with E-state index in [1.807, 2.05) is 37.3 Å². The molecule has 1 saturated heterocycles. The molecule has 0 spiro atoms. The first-order valence-electron chi connectivity index (χ1n) is 10.1. The number of likely N-dealkylation sites (N-methyl/N-ethyl adjacent to an activating group) is 1. The molecule has 6 heteroatoms. The van der Waals surface area contributed by atoms with Gasteiger partial charge in [-0.1, -0.05) is 25.1 Å². The van der Waals surface area contributed by atoms with Crippen LogP contribution in [0.25, 0.3) is 23.5 Å². The standard InChI is InChI=1S/C23H26N6/c1-3-28-14-16-29(17-15-28)21-10-6-19(7-11-21)5-8-20-9-13-23(27-25-20)22-12-4-18(2)24-26-22/h4-13H,3,14-17H2,1-2H3. The smallest absolute Gasteiger partial charge is 0.113 e. The molecule has 0 bridgehead atoms. The Balaban J connectivity index is 1.38. The van der Waals surface area contributed by atoms with Gasteiger partial charge >= 0.3 is 0 Å². The molecule has 29 heavy (non-hydrogen) atoms. The van der Waals surface area contributed by atoms with Crippen molar-refractivity contribution >= 4 is 17.8 Å². The summed E-state index contributed by atoms with van der Waals surface area (Å²) in [6, 6.07) is 16.4. The van der Waals surface area contributed by atoms with E-state index in [0.29, 0.717) is 0 Å². The molecule has 2 aromatic heterocycles. The van der Waals surface area contributed by atoms with E-state index in [1.54, 1.807) is 0 Å². The average Bonchev–Trinajstić information content (AvgIpc) is 2.79. The molecular formula is C23H26N6. The largest absolute Gasteiger partial charge is 0.369 e. The minimum atomic E-state index is 0.724. The number of hydrogen-bond acceptors (Lipinski definition) is 6. The van der Waals surface area contributed by atoms with Gasteiger partial charge in [0, 0.05) is 31.9 Å². The van der Waals surface area contributed by atoms with Crippen molar-refractivity contribution in [2.45, 2.75) is 13.8 Å². The lowest BCUT2D eigenvalue weighted by molar-refractivity contribution is 0.271. The molecule has 1 aliphatic rings. The van der Waals surface area contributed by atoms with Crippen molar-refractivity contribution in [1.29, 1.82) is 0 Å². The van der Waals surface area contributed by atoms with Crippen LogP contribution in [0.1, 0.15) is 23.9 Å². The van der Waals surface area contributed by atoms with E-state index in [9.17, 15) is 0 Å². The van der Waals surface area contributed by atoms with Crippen molar-refractivity contribution in [3.8, 4) is 11.4 Å². The molecule has 0 radical (unpaired) electrons. The van der Waals surface area contributed by atoms with Gasteiger partial charge in [-0.05, 0) is 61.5 Å². The van der Waals surface area contributed by atoms with Gasteiger partial charge in [0.15, 0.2) is 0 Å². The van der Waals surface area contributed by atoms with Gasteiger partial charge in [0.05, 0.1) is 11.4 Å². The normalized spacial score (nSPS) is 15.2. The maximum absolute atomic E-state index is 4.28. The summed E-state index contributed by atoms with van der Waals surface area (Å²) in [4.78, 5) is 4.95. The molecule has 0 amide bonds. The molecule has 1 aliphatic heterocycles. The number of piperazine rings is 1. The third-order valence-electron chi connectivity index (χ3n) is 5.27. The number of nitrogens with zero attached hydrogens (tertiary/aromatic N) is 6. The number of aromatic nitrogens is 4. The highest BCUT2D eigenvalue weighted by atomic mass is 15.3. The van der Waals surface area contributed by atoms with Crippen LogP contribution >= 0.6 is 0 Å². The van der Waals surface area contributed by atoms with Crippen LogP contribution in [-0.2, 0) is 0 Å². The van der Waals surface area contributed by atoms with Gasteiger partial charge in [-0.3, -0.25) is 0 Å². The second-order valence-corrected chi connectivity index (χ2v) is 7.25. The van der Waals surface area contributed by atoms with Crippen LogP contribution in [0, 0.1) is 6.92 Å². The molecule has 6 nitrogen and oxygen atoms in total. The Labute approximate surface area is 171 Å². The third kappa shape index (κ3) is 4.84. The Kier molecular flexibility index (Phi) is 5.91. The Morgan fingerprint density at radius 3 is 2.03 bits per heavy atom. The van der Waals surface area contributed by atoms with Gasteiger partial charge in [-0.2, -0.15) is 10.2 Å². The van der Waals surface area contributed by atoms with Gasteiger partial charge < -0.3 is 9.80 Å². The SMILES string of the molecule is CCN1CCN(c2ccc(C=Cc3ccc(-c4ccc(C)nn4)nn3)cc2)CC1. The van der Waals surface area contributed by atoms with Gasteiger partial charge in [-0.25, -0.2) is 0 Å². The van der Waals surface area contributed by atoms with Crippen molar-refractivity contribution in [3.05, 3.63) is 65.5 Å². The predicted molar refractivity (Wildman–Crippen MR) is 117 cm³/mol. The van der Waals surface area contributed by atoms with Crippen molar-refractivity contribution in [1.82, 2.24) is 25.3 Å². The van der Waals surface area contributed by atoms with Gasteiger partial charge in [0.1, 0.15) is 11.4 Å². The number of aryl methyl sites for hydroxylation is 1. The van der Waals surface area contributed by atoms with Crippen LogP contribution in [0.4, 0.5) is 5.69 Å². The summed E-state index contributed by atoms with van der Waals surface area (Å²) in [6.07, 6.45) is 4.04. The Morgan fingerprint density at radius 1 is 0.759 bits per heavy atom. The van der Waals surface area contributed by atoms with Crippen molar-refractivity contribution in [2.75, 3.05) is 37.6 Å². The molecule has 4 rings (SSSR count). The van der Waals surface area contributed by atoms with Crippen LogP contribution in [0.2, 0.25) is 0 Å². The van der Waals surface area contributed by atoms with Crippen LogP contribution in [-0.4, -0.2) is 58.0 Å². The van der Waals surface area contributed by atoms with Crippen LogP contribution < -0.4 is 4.90 Å². The highest BCUT2D eigenvalue weighted by Crippen LogP contribution is 2.19. The molecule has 0 saturated carbocycles. The summed E-state index contributed by atoms with van der Waals surface area (Å²) in [5.41, 5.74) is 5.60. The molecule has 0 atom stereocenters. The molecule has 0 aliphatic carbocycles. The summed E-state index contributed by atoms with van der Waals surface area (Å²) in [5, 5.41) is 16.8. The lowest BCUT2D eigenvalue weighted by Crippen LogP contribution is -2.46. The van der Waals surface area contributed by atoms with E-state index >= 15 is 0 Å². The zero-order chi connectivity index (χ0) is 20.1. The van der Waals surface area contributed by atoms with E-state index < -0.39 is 0 Å². The summed E-state index contributed by atoms with van der Waals surface area (Å²) >= 11 is 0. The summed E-state index contributed by atoms with van der Waals surface area (Å²) in [5.74, 6) is 0. The lowest BCUT2D eigenvalue weighted by Gasteiger charge is -2.35. The number of benzene rings is 1. The Morgan fingerprint density at radius 2 is 1.45 bits per heavy atom. The third-order valence-corrected chi connectivity index (χ3v) is 5.27. The zero-order valence-corrected chi connectivity index (χ0v) is 17.0. The second kappa shape index (κ2) is 8.92. The number of hydrogen-bond donors (Lipinski definition) is 0.